The average molecular weight is 552 g/mol. The number of ether oxygens (including phenoxy) is 2. The summed E-state index contributed by atoms with van der Waals surface area (Å²) in [5.74, 6) is -0.687. The highest BCUT2D eigenvalue weighted by atomic mass is 16.6. The molecule has 0 spiro atoms. The summed E-state index contributed by atoms with van der Waals surface area (Å²) in [5.41, 5.74) is 0.971. The fraction of sp³-hybridized carbons (Fsp3) is 0.129. The zero-order chi connectivity index (χ0) is 28.9. The number of fused-ring (bicyclic) bond motifs is 1. The summed E-state index contributed by atoms with van der Waals surface area (Å²) < 4.78 is 11.6. The molecule has 10 nitrogen and oxygen atoms in total. The first-order valence-electron chi connectivity index (χ1n) is 12.9. The molecule has 0 atom stereocenters. The third-order valence-corrected chi connectivity index (χ3v) is 6.40. The lowest BCUT2D eigenvalue weighted by Gasteiger charge is -2.26. The summed E-state index contributed by atoms with van der Waals surface area (Å²) in [5, 5.41) is 15.0. The minimum Gasteiger partial charge on any atom is -0.494 e. The van der Waals surface area contributed by atoms with E-state index in [0.29, 0.717) is 34.6 Å². The molecule has 206 valence electrons. The number of rotatable bonds is 9. The van der Waals surface area contributed by atoms with Crippen LogP contribution in [0.3, 0.4) is 0 Å². The van der Waals surface area contributed by atoms with Crippen LogP contribution in [0, 0.1) is 10.1 Å². The van der Waals surface area contributed by atoms with Crippen LogP contribution < -0.4 is 19.7 Å². The van der Waals surface area contributed by atoms with E-state index in [0.717, 1.165) is 16.7 Å². The maximum Gasteiger partial charge on any atom is 0.335 e. The van der Waals surface area contributed by atoms with Gasteiger partial charge in [0.15, 0.2) is 0 Å². The number of carbonyl (C=O) groups is 3. The molecule has 0 aromatic heterocycles. The van der Waals surface area contributed by atoms with Gasteiger partial charge >= 0.3 is 6.03 Å². The second-order valence-corrected chi connectivity index (χ2v) is 9.21. The minimum absolute atomic E-state index is 0.00734. The Morgan fingerprint density at radius 2 is 1.71 bits per heavy atom. The van der Waals surface area contributed by atoms with Crippen LogP contribution in [0.15, 0.2) is 90.5 Å². The molecule has 41 heavy (non-hydrogen) atoms. The van der Waals surface area contributed by atoms with E-state index in [1.165, 1.54) is 18.2 Å². The number of carbonyl (C=O) groups excluding carboxylic acids is 3. The second kappa shape index (κ2) is 11.7. The van der Waals surface area contributed by atoms with Gasteiger partial charge in [-0.05, 0) is 59.2 Å². The molecule has 0 aliphatic carbocycles. The van der Waals surface area contributed by atoms with Crippen LogP contribution in [0.4, 0.5) is 16.2 Å². The van der Waals surface area contributed by atoms with Gasteiger partial charge in [0.1, 0.15) is 23.7 Å². The lowest BCUT2D eigenvalue weighted by Crippen LogP contribution is -2.54. The average Bonchev–Trinajstić information content (AvgIpc) is 2.98. The molecule has 4 aromatic carbocycles. The van der Waals surface area contributed by atoms with Gasteiger partial charge in [0.2, 0.25) is 0 Å². The summed E-state index contributed by atoms with van der Waals surface area (Å²) in [6, 6.07) is 22.6. The van der Waals surface area contributed by atoms with Crippen molar-refractivity contribution in [3.63, 3.8) is 0 Å². The van der Waals surface area contributed by atoms with Crippen molar-refractivity contribution in [2.45, 2.75) is 20.0 Å². The molecule has 1 aliphatic heterocycles. The van der Waals surface area contributed by atoms with E-state index in [2.05, 4.69) is 5.32 Å². The predicted molar refractivity (Wildman–Crippen MR) is 153 cm³/mol. The highest BCUT2D eigenvalue weighted by Crippen LogP contribution is 2.33. The van der Waals surface area contributed by atoms with Gasteiger partial charge in [0.25, 0.3) is 17.5 Å². The Morgan fingerprint density at radius 3 is 2.46 bits per heavy atom. The fourth-order valence-electron chi connectivity index (χ4n) is 4.42. The topological polar surface area (TPSA) is 128 Å². The molecule has 1 N–H and O–H groups in total. The number of anilines is 1. The third-order valence-electron chi connectivity index (χ3n) is 6.40. The number of barbiturate groups is 1. The Bertz CT molecular complexity index is 1700. The number of nitro benzene ring substituents is 1. The number of imide groups is 2. The van der Waals surface area contributed by atoms with Crippen molar-refractivity contribution in [1.82, 2.24) is 5.32 Å². The summed E-state index contributed by atoms with van der Waals surface area (Å²) in [4.78, 5) is 50.8. The highest BCUT2D eigenvalue weighted by molar-refractivity contribution is 6.39. The van der Waals surface area contributed by atoms with Gasteiger partial charge in [0.05, 0.1) is 17.2 Å². The van der Waals surface area contributed by atoms with Crippen LogP contribution in [0.1, 0.15) is 24.5 Å². The van der Waals surface area contributed by atoms with Crippen LogP contribution >= 0.6 is 0 Å². The molecule has 0 bridgehead atoms. The Morgan fingerprint density at radius 1 is 0.927 bits per heavy atom. The second-order valence-electron chi connectivity index (χ2n) is 9.21. The van der Waals surface area contributed by atoms with Gasteiger partial charge in [-0.1, -0.05) is 49.4 Å². The molecule has 0 saturated carbocycles. The van der Waals surface area contributed by atoms with Gasteiger partial charge in [0, 0.05) is 17.7 Å². The van der Waals surface area contributed by atoms with Crippen LogP contribution in [-0.4, -0.2) is 29.4 Å². The molecule has 5 rings (SSSR count). The van der Waals surface area contributed by atoms with Crippen molar-refractivity contribution in [1.29, 1.82) is 0 Å². The number of nitrogens with one attached hydrogen (secondary N) is 1. The van der Waals surface area contributed by atoms with Crippen LogP contribution in [-0.2, 0) is 16.2 Å². The predicted octanol–water partition coefficient (Wildman–Crippen LogP) is 5.78. The minimum atomic E-state index is -0.862. The lowest BCUT2D eigenvalue weighted by atomic mass is 9.99. The van der Waals surface area contributed by atoms with E-state index in [9.17, 15) is 24.5 Å². The third kappa shape index (κ3) is 5.76. The number of hydrogen-bond acceptors (Lipinski definition) is 7. The summed E-state index contributed by atoms with van der Waals surface area (Å²) in [7, 11) is 0. The molecule has 0 radical (unpaired) electrons. The van der Waals surface area contributed by atoms with Crippen molar-refractivity contribution in [3.05, 3.63) is 112 Å². The molecule has 4 aromatic rings. The lowest BCUT2D eigenvalue weighted by molar-refractivity contribution is -0.384. The zero-order valence-electron chi connectivity index (χ0n) is 22.0. The fourth-order valence-corrected chi connectivity index (χ4v) is 4.42. The van der Waals surface area contributed by atoms with Crippen molar-refractivity contribution >= 4 is 46.1 Å². The number of non-ortho nitro benzene ring substituents is 1. The smallest absolute Gasteiger partial charge is 0.335 e. The number of hydrogen-bond donors (Lipinski definition) is 1. The van der Waals surface area contributed by atoms with E-state index in [-0.39, 0.29) is 23.6 Å². The maximum absolute atomic E-state index is 13.6. The van der Waals surface area contributed by atoms with E-state index < -0.39 is 22.8 Å². The van der Waals surface area contributed by atoms with Crippen molar-refractivity contribution in [3.8, 4) is 11.5 Å². The highest BCUT2D eigenvalue weighted by Gasteiger charge is 2.37. The number of benzene rings is 4. The van der Waals surface area contributed by atoms with Gasteiger partial charge < -0.3 is 9.47 Å². The van der Waals surface area contributed by atoms with Gasteiger partial charge in [-0.15, -0.1) is 0 Å². The first kappa shape index (κ1) is 27.1. The molecule has 1 aliphatic rings. The molecule has 1 heterocycles. The standard InChI is InChI=1S/C31H25N3O7/c1-2-16-40-24-13-11-22(12-14-24)33-30(36)27(29(35)32-31(33)37)18-26-25-9-4-3-7-21(25)10-15-28(26)41-19-20-6-5-8-23(17-20)34(38)39/h3-15,17-18H,2,16,19H2,1H3,(H,32,35,37)/b27-18-. The Balaban J connectivity index is 1.51. The number of nitro groups is 1. The molecular formula is C31H25N3O7. The Hall–Kier alpha value is -5.51. The number of amides is 4. The Labute approximate surface area is 234 Å². The van der Waals surface area contributed by atoms with E-state index in [4.69, 9.17) is 9.47 Å². The van der Waals surface area contributed by atoms with Gasteiger partial charge in [-0.25, -0.2) is 9.69 Å². The monoisotopic (exact) mass is 551 g/mol. The zero-order valence-corrected chi connectivity index (χ0v) is 22.0. The van der Waals surface area contributed by atoms with Crippen LogP contribution in [0.5, 0.6) is 11.5 Å². The summed E-state index contributed by atoms with van der Waals surface area (Å²) >= 11 is 0. The van der Waals surface area contributed by atoms with E-state index >= 15 is 0 Å². The summed E-state index contributed by atoms with van der Waals surface area (Å²) in [6.07, 6.45) is 2.23. The molecular weight excluding hydrogens is 526 g/mol. The van der Waals surface area contributed by atoms with Gasteiger partial charge in [-0.3, -0.25) is 25.0 Å². The molecule has 1 fully saturated rings. The van der Waals surface area contributed by atoms with E-state index in [1.54, 1.807) is 42.5 Å². The molecule has 1 saturated heterocycles. The number of urea groups is 1. The summed E-state index contributed by atoms with van der Waals surface area (Å²) in [6.45, 7) is 2.52. The van der Waals surface area contributed by atoms with Crippen LogP contribution in [0.25, 0.3) is 16.8 Å². The molecule has 10 heteroatoms. The van der Waals surface area contributed by atoms with Crippen LogP contribution in [0.2, 0.25) is 0 Å². The van der Waals surface area contributed by atoms with Crippen molar-refractivity contribution in [2.24, 2.45) is 0 Å². The molecule has 0 unspecified atom stereocenters. The SMILES string of the molecule is CCCOc1ccc(N2C(=O)NC(=O)/C(=C/c3c(OCc4cccc([N+](=O)[O-])c4)ccc4ccccc34)C2=O)cc1. The quantitative estimate of drug-likeness (QED) is 0.121. The molecule has 4 amide bonds. The first-order chi connectivity index (χ1) is 19.9. The van der Waals surface area contributed by atoms with E-state index in [1.807, 2.05) is 37.3 Å². The van der Waals surface area contributed by atoms with Crippen molar-refractivity contribution < 1.29 is 28.8 Å². The normalized spacial score (nSPS) is 14.3. The van der Waals surface area contributed by atoms with Gasteiger partial charge in [-0.2, -0.15) is 0 Å². The largest absolute Gasteiger partial charge is 0.494 e. The maximum atomic E-state index is 13.6. The van der Waals surface area contributed by atoms with Crippen molar-refractivity contribution in [2.75, 3.05) is 11.5 Å². The number of nitrogens with zero attached hydrogens (tertiary/aromatic N) is 2. The first-order valence-corrected chi connectivity index (χ1v) is 12.9. The Kier molecular flexibility index (Phi) is 7.73.